The number of hydrogen-bond donors (Lipinski definition) is 1. The summed E-state index contributed by atoms with van der Waals surface area (Å²) in [5.41, 5.74) is 6.17. The van der Waals surface area contributed by atoms with Gasteiger partial charge in [-0.05, 0) is 77.3 Å². The molecule has 0 radical (unpaired) electrons. The Morgan fingerprint density at radius 3 is 2.29 bits per heavy atom. The fourth-order valence-electron chi connectivity index (χ4n) is 3.50. The first kappa shape index (κ1) is 18.8. The van der Waals surface area contributed by atoms with Crippen molar-refractivity contribution in [3.8, 4) is 0 Å². The highest BCUT2D eigenvalue weighted by Gasteiger charge is 2.27. The fraction of sp³-hybridized carbons (Fsp3) is 0.500. The van der Waals surface area contributed by atoms with E-state index >= 15 is 0 Å². The zero-order chi connectivity index (χ0) is 18.2. The molecule has 0 bridgehead atoms. The molecule has 2 rings (SSSR count). The van der Waals surface area contributed by atoms with Crippen LogP contribution in [0, 0.1) is 19.8 Å². The molecule has 3 nitrogen and oxygen atoms in total. The van der Waals surface area contributed by atoms with Crippen LogP contribution in [-0.4, -0.2) is 11.1 Å². The van der Waals surface area contributed by atoms with Crippen LogP contribution in [0.5, 0.6) is 0 Å². The van der Waals surface area contributed by atoms with Gasteiger partial charge in [-0.2, -0.15) is 0 Å². The molecule has 24 heavy (non-hydrogen) atoms. The van der Waals surface area contributed by atoms with Crippen molar-refractivity contribution in [3.63, 3.8) is 0 Å². The maximum Gasteiger partial charge on any atom is 0.290 e. The van der Waals surface area contributed by atoms with Crippen molar-refractivity contribution in [1.29, 1.82) is 0 Å². The van der Waals surface area contributed by atoms with E-state index in [4.69, 9.17) is 0 Å². The number of carbonyl (C=O) groups excluding carboxylic acids is 2. The van der Waals surface area contributed by atoms with Gasteiger partial charge in [-0.15, -0.1) is 0 Å². The minimum atomic E-state index is -0.299. The SMILES string of the molecule is Cc1cc(CC(C)C)c(C(C)(C)C)c(C)c1C=C1SC(=O)NC1=O. The van der Waals surface area contributed by atoms with Gasteiger partial charge in [0, 0.05) is 0 Å². The number of nitrogens with one attached hydrogen (secondary N) is 1. The Labute approximate surface area is 149 Å². The number of thioether (sulfide) groups is 1. The van der Waals surface area contributed by atoms with Gasteiger partial charge in [-0.25, -0.2) is 0 Å². The lowest BCUT2D eigenvalue weighted by Crippen LogP contribution is -2.19. The standard InChI is InChI=1S/C20H27NO2S/c1-11(2)8-14-9-12(3)15(13(4)17(14)20(5,6)7)10-16-18(22)21-19(23)24-16/h9-11H,8H2,1-7H3,(H,21,22,23). The van der Waals surface area contributed by atoms with Crippen LogP contribution < -0.4 is 5.32 Å². The minimum Gasteiger partial charge on any atom is -0.282 e. The molecule has 0 unspecified atom stereocenters. The normalized spacial score (nSPS) is 17.1. The Hall–Kier alpha value is -1.55. The van der Waals surface area contributed by atoms with E-state index in [1.165, 1.54) is 16.7 Å². The van der Waals surface area contributed by atoms with Crippen LogP contribution in [0.25, 0.3) is 6.08 Å². The molecule has 4 heteroatoms. The molecule has 0 aliphatic carbocycles. The molecule has 1 heterocycles. The largest absolute Gasteiger partial charge is 0.290 e. The number of carbonyl (C=O) groups is 2. The first-order valence-corrected chi connectivity index (χ1v) is 9.20. The van der Waals surface area contributed by atoms with Gasteiger partial charge < -0.3 is 0 Å². The second-order valence-electron chi connectivity index (χ2n) is 7.97. The summed E-state index contributed by atoms with van der Waals surface area (Å²) in [4.78, 5) is 23.8. The summed E-state index contributed by atoms with van der Waals surface area (Å²) in [5.74, 6) is 0.287. The minimum absolute atomic E-state index is 0.0240. The van der Waals surface area contributed by atoms with Crippen LogP contribution in [0.15, 0.2) is 11.0 Å². The molecule has 1 aromatic carbocycles. The van der Waals surface area contributed by atoms with Crippen molar-refractivity contribution < 1.29 is 9.59 Å². The van der Waals surface area contributed by atoms with Gasteiger partial charge in [-0.1, -0.05) is 40.7 Å². The second-order valence-corrected chi connectivity index (χ2v) is 8.98. The highest BCUT2D eigenvalue weighted by molar-refractivity contribution is 8.18. The van der Waals surface area contributed by atoms with E-state index in [0.29, 0.717) is 10.8 Å². The first-order chi connectivity index (χ1) is 11.0. The monoisotopic (exact) mass is 345 g/mol. The summed E-state index contributed by atoms with van der Waals surface area (Å²) in [6, 6.07) is 2.25. The maximum absolute atomic E-state index is 11.9. The van der Waals surface area contributed by atoms with Crippen molar-refractivity contribution in [1.82, 2.24) is 5.32 Å². The Morgan fingerprint density at radius 1 is 1.21 bits per heavy atom. The highest BCUT2D eigenvalue weighted by atomic mass is 32.2. The van der Waals surface area contributed by atoms with Crippen LogP contribution in [0.4, 0.5) is 4.79 Å². The third-order valence-corrected chi connectivity index (χ3v) is 5.02. The van der Waals surface area contributed by atoms with E-state index in [2.05, 4.69) is 59.8 Å². The van der Waals surface area contributed by atoms with E-state index in [1.807, 2.05) is 6.08 Å². The molecule has 2 amide bonds. The molecular formula is C20H27NO2S. The Bertz CT molecular complexity index is 724. The van der Waals surface area contributed by atoms with Gasteiger partial charge >= 0.3 is 0 Å². The van der Waals surface area contributed by atoms with Gasteiger partial charge in [-0.3, -0.25) is 14.9 Å². The van der Waals surface area contributed by atoms with Crippen LogP contribution in [0.3, 0.4) is 0 Å². The average Bonchev–Trinajstić information content (AvgIpc) is 2.70. The van der Waals surface area contributed by atoms with Crippen molar-refractivity contribution in [3.05, 3.63) is 38.8 Å². The summed E-state index contributed by atoms with van der Waals surface area (Å²) in [6.45, 7) is 15.4. The van der Waals surface area contributed by atoms with E-state index < -0.39 is 0 Å². The van der Waals surface area contributed by atoms with Crippen LogP contribution in [-0.2, 0) is 16.6 Å². The molecule has 1 aliphatic heterocycles. The third kappa shape index (κ3) is 3.92. The Kier molecular flexibility index (Phi) is 5.28. The zero-order valence-electron chi connectivity index (χ0n) is 15.7. The summed E-state index contributed by atoms with van der Waals surface area (Å²) in [6.07, 6.45) is 2.91. The van der Waals surface area contributed by atoms with Gasteiger partial charge in [0.1, 0.15) is 0 Å². The number of imide groups is 1. The van der Waals surface area contributed by atoms with Gasteiger partial charge in [0.15, 0.2) is 0 Å². The zero-order valence-corrected chi connectivity index (χ0v) is 16.5. The topological polar surface area (TPSA) is 46.2 Å². The van der Waals surface area contributed by atoms with E-state index in [9.17, 15) is 9.59 Å². The summed E-state index contributed by atoms with van der Waals surface area (Å²) >= 11 is 0.976. The van der Waals surface area contributed by atoms with E-state index in [0.717, 1.165) is 29.3 Å². The first-order valence-electron chi connectivity index (χ1n) is 8.39. The molecule has 1 N–H and O–H groups in total. The molecule has 1 fully saturated rings. The lowest BCUT2D eigenvalue weighted by molar-refractivity contribution is -0.115. The lowest BCUT2D eigenvalue weighted by Gasteiger charge is -2.28. The highest BCUT2D eigenvalue weighted by Crippen LogP contribution is 2.36. The predicted octanol–water partition coefficient (Wildman–Crippen LogP) is 5.12. The number of aryl methyl sites for hydroxylation is 1. The van der Waals surface area contributed by atoms with Crippen molar-refractivity contribution >= 4 is 29.0 Å². The molecule has 0 atom stereocenters. The van der Waals surface area contributed by atoms with Crippen LogP contribution in [0.1, 0.15) is 62.4 Å². The predicted molar refractivity (Wildman–Crippen MR) is 102 cm³/mol. The number of amides is 2. The Morgan fingerprint density at radius 2 is 1.83 bits per heavy atom. The lowest BCUT2D eigenvalue weighted by atomic mass is 9.76. The maximum atomic E-state index is 11.9. The molecule has 1 aromatic rings. The molecule has 130 valence electrons. The number of hydrogen-bond acceptors (Lipinski definition) is 3. The van der Waals surface area contributed by atoms with Crippen molar-refractivity contribution in [2.75, 3.05) is 0 Å². The fourth-order valence-corrected chi connectivity index (χ4v) is 4.17. The molecule has 1 aliphatic rings. The van der Waals surface area contributed by atoms with Crippen LogP contribution >= 0.6 is 11.8 Å². The summed E-state index contributed by atoms with van der Waals surface area (Å²) < 4.78 is 0. The Balaban J connectivity index is 2.64. The summed E-state index contributed by atoms with van der Waals surface area (Å²) in [7, 11) is 0. The quantitative estimate of drug-likeness (QED) is 0.773. The van der Waals surface area contributed by atoms with E-state index in [1.54, 1.807) is 0 Å². The van der Waals surface area contributed by atoms with E-state index in [-0.39, 0.29) is 16.6 Å². The summed E-state index contributed by atoms with van der Waals surface area (Å²) in [5, 5.41) is 2.03. The van der Waals surface area contributed by atoms with Gasteiger partial charge in [0.2, 0.25) is 0 Å². The van der Waals surface area contributed by atoms with Crippen molar-refractivity contribution in [2.45, 2.75) is 60.3 Å². The molecule has 0 saturated carbocycles. The molecule has 0 spiro atoms. The number of rotatable bonds is 3. The molecular weight excluding hydrogens is 318 g/mol. The molecule has 0 aromatic heterocycles. The average molecular weight is 346 g/mol. The second kappa shape index (κ2) is 6.75. The van der Waals surface area contributed by atoms with Gasteiger partial charge in [0.05, 0.1) is 4.91 Å². The van der Waals surface area contributed by atoms with Crippen LogP contribution in [0.2, 0.25) is 0 Å². The smallest absolute Gasteiger partial charge is 0.282 e. The van der Waals surface area contributed by atoms with Gasteiger partial charge in [0.25, 0.3) is 11.1 Å². The van der Waals surface area contributed by atoms with Crippen molar-refractivity contribution in [2.24, 2.45) is 5.92 Å². The third-order valence-electron chi connectivity index (χ3n) is 4.21. The molecule has 1 saturated heterocycles. The number of benzene rings is 1.